The monoisotopic (exact) mass is 260 g/mol. The molecule has 1 aromatic rings. The number of amides is 2. The molecule has 0 radical (unpaired) electrons. The molecule has 0 saturated heterocycles. The molecule has 2 amide bonds. The van der Waals surface area contributed by atoms with Gasteiger partial charge in [0.2, 0.25) is 0 Å². The summed E-state index contributed by atoms with van der Waals surface area (Å²) in [5, 5.41) is 2.81. The van der Waals surface area contributed by atoms with Crippen LogP contribution in [0.2, 0.25) is 0 Å². The number of benzene rings is 1. The molecule has 19 heavy (non-hydrogen) atoms. The maximum absolute atomic E-state index is 12.0. The van der Waals surface area contributed by atoms with Gasteiger partial charge in [0.05, 0.1) is 18.7 Å². The highest BCUT2D eigenvalue weighted by Crippen LogP contribution is 2.30. The molecular weight excluding hydrogens is 244 g/mol. The summed E-state index contributed by atoms with van der Waals surface area (Å²) in [5.74, 6) is -0.432. The van der Waals surface area contributed by atoms with E-state index >= 15 is 0 Å². The first kappa shape index (κ1) is 13.1. The van der Waals surface area contributed by atoms with E-state index < -0.39 is 12.0 Å². The van der Waals surface area contributed by atoms with Crippen molar-refractivity contribution in [1.82, 2.24) is 10.2 Å². The van der Waals surface area contributed by atoms with Gasteiger partial charge in [0, 0.05) is 12.7 Å². The van der Waals surface area contributed by atoms with Crippen LogP contribution < -0.4 is 5.32 Å². The van der Waals surface area contributed by atoms with Crippen LogP contribution in [0.4, 0.5) is 4.79 Å². The van der Waals surface area contributed by atoms with Crippen molar-refractivity contribution in [2.24, 2.45) is 0 Å². The number of ether oxygens (including phenoxy) is 1. The first-order valence-corrected chi connectivity index (χ1v) is 5.94. The molecule has 1 aromatic carbocycles. The largest absolute Gasteiger partial charge is 0.466 e. The number of nitrogens with zero attached hydrogens (tertiary/aromatic N) is 1. The minimum atomic E-state index is -0.475. The number of allylic oxidation sites excluding steroid dienone is 1. The highest BCUT2D eigenvalue weighted by Gasteiger charge is 2.34. The van der Waals surface area contributed by atoms with Crippen LogP contribution in [0.3, 0.4) is 0 Å². The summed E-state index contributed by atoms with van der Waals surface area (Å²) >= 11 is 0. The highest BCUT2D eigenvalue weighted by atomic mass is 16.5. The van der Waals surface area contributed by atoms with Crippen LogP contribution in [0.5, 0.6) is 0 Å². The summed E-state index contributed by atoms with van der Waals surface area (Å²) < 4.78 is 4.82. The predicted octanol–water partition coefficient (Wildman–Crippen LogP) is 1.83. The van der Waals surface area contributed by atoms with Crippen LogP contribution in [0, 0.1) is 0 Å². The summed E-state index contributed by atoms with van der Waals surface area (Å²) in [7, 11) is 2.95. The Balaban J connectivity index is 2.52. The Morgan fingerprint density at radius 1 is 1.32 bits per heavy atom. The van der Waals surface area contributed by atoms with Crippen LogP contribution >= 0.6 is 0 Å². The average molecular weight is 260 g/mol. The lowest BCUT2D eigenvalue weighted by Gasteiger charge is -2.33. The van der Waals surface area contributed by atoms with Crippen molar-refractivity contribution < 1.29 is 14.3 Å². The fraction of sp³-hybridized carbons (Fsp3) is 0.286. The van der Waals surface area contributed by atoms with Crippen LogP contribution in [0.1, 0.15) is 18.5 Å². The van der Waals surface area contributed by atoms with Crippen LogP contribution in [-0.2, 0) is 9.53 Å². The van der Waals surface area contributed by atoms with E-state index in [4.69, 9.17) is 4.74 Å². The molecule has 0 saturated carbocycles. The molecule has 0 aliphatic carbocycles. The first-order chi connectivity index (χ1) is 9.06. The Bertz CT molecular complexity index is 537. The molecule has 100 valence electrons. The van der Waals surface area contributed by atoms with Crippen LogP contribution in [0.15, 0.2) is 41.6 Å². The third-order valence-corrected chi connectivity index (χ3v) is 3.29. The standard InChI is InChI=1S/C14H16N2O3/c1-9-11(13(17)19-3)12(15-14(18)16(9)2)10-7-5-4-6-8-10/h4-8,12H,1-3H3,(H,15,18)/t12-/m1/s1. The van der Waals surface area contributed by atoms with Gasteiger partial charge in [-0.3, -0.25) is 0 Å². The van der Waals surface area contributed by atoms with Crippen LogP contribution in [-0.4, -0.2) is 31.1 Å². The molecule has 1 heterocycles. The second-order valence-electron chi connectivity index (χ2n) is 4.34. The Kier molecular flexibility index (Phi) is 3.55. The van der Waals surface area contributed by atoms with Crippen molar-refractivity contribution in [3.05, 3.63) is 47.2 Å². The highest BCUT2D eigenvalue weighted by molar-refractivity contribution is 5.94. The van der Waals surface area contributed by atoms with E-state index in [9.17, 15) is 9.59 Å². The van der Waals surface area contributed by atoms with Crippen molar-refractivity contribution in [3.63, 3.8) is 0 Å². The molecule has 1 aliphatic rings. The fourth-order valence-corrected chi connectivity index (χ4v) is 2.11. The second-order valence-corrected chi connectivity index (χ2v) is 4.34. The smallest absolute Gasteiger partial charge is 0.337 e. The molecule has 5 nitrogen and oxygen atoms in total. The van der Waals surface area contributed by atoms with E-state index in [0.717, 1.165) is 5.56 Å². The predicted molar refractivity (Wildman–Crippen MR) is 70.2 cm³/mol. The van der Waals surface area contributed by atoms with Gasteiger partial charge in [0.1, 0.15) is 0 Å². The third kappa shape index (κ3) is 2.31. The molecule has 5 heteroatoms. The van der Waals surface area contributed by atoms with Gasteiger partial charge in [0.25, 0.3) is 0 Å². The number of rotatable bonds is 2. The third-order valence-electron chi connectivity index (χ3n) is 3.29. The van der Waals surface area contributed by atoms with Gasteiger partial charge in [0.15, 0.2) is 0 Å². The molecule has 0 aromatic heterocycles. The quantitative estimate of drug-likeness (QED) is 0.825. The summed E-state index contributed by atoms with van der Waals surface area (Å²) in [6, 6.07) is 8.64. The molecule has 0 bridgehead atoms. The summed E-state index contributed by atoms with van der Waals surface area (Å²) in [6.45, 7) is 1.74. The number of nitrogens with one attached hydrogen (secondary N) is 1. The Hall–Kier alpha value is -2.30. The lowest BCUT2D eigenvalue weighted by Crippen LogP contribution is -2.46. The average Bonchev–Trinajstić information content (AvgIpc) is 2.44. The number of carbonyl (C=O) groups excluding carboxylic acids is 2. The van der Waals surface area contributed by atoms with Crippen molar-refractivity contribution in [3.8, 4) is 0 Å². The summed E-state index contributed by atoms with van der Waals surface area (Å²) in [4.78, 5) is 25.2. The molecule has 0 unspecified atom stereocenters. The minimum absolute atomic E-state index is 0.237. The molecular formula is C14H16N2O3. The second kappa shape index (κ2) is 5.14. The van der Waals surface area contributed by atoms with Gasteiger partial charge >= 0.3 is 12.0 Å². The zero-order chi connectivity index (χ0) is 14.0. The fourth-order valence-electron chi connectivity index (χ4n) is 2.11. The SMILES string of the molecule is COC(=O)C1=C(C)N(C)C(=O)N[C@@H]1c1ccccc1. The summed E-state index contributed by atoms with van der Waals surface area (Å²) in [5.41, 5.74) is 1.91. The van der Waals surface area contributed by atoms with E-state index in [1.807, 2.05) is 30.3 Å². The van der Waals surface area contributed by atoms with E-state index in [2.05, 4.69) is 5.32 Å². The topological polar surface area (TPSA) is 58.6 Å². The molecule has 0 fully saturated rings. The van der Waals surface area contributed by atoms with Crippen molar-refractivity contribution in [1.29, 1.82) is 0 Å². The lowest BCUT2D eigenvalue weighted by molar-refractivity contribution is -0.136. The van der Waals surface area contributed by atoms with Crippen molar-refractivity contribution in [2.75, 3.05) is 14.2 Å². The maximum Gasteiger partial charge on any atom is 0.337 e. The normalized spacial score (nSPS) is 19.2. The van der Waals surface area contributed by atoms with Gasteiger partial charge < -0.3 is 15.0 Å². The number of hydrogen-bond acceptors (Lipinski definition) is 3. The van der Waals surface area contributed by atoms with Gasteiger partial charge in [-0.25, -0.2) is 9.59 Å². The molecule has 2 rings (SSSR count). The maximum atomic E-state index is 12.0. The number of carbonyl (C=O) groups is 2. The van der Waals surface area contributed by atoms with Gasteiger partial charge in [-0.2, -0.15) is 0 Å². The zero-order valence-electron chi connectivity index (χ0n) is 11.1. The first-order valence-electron chi connectivity index (χ1n) is 5.94. The zero-order valence-corrected chi connectivity index (χ0v) is 11.1. The molecule has 1 N–H and O–H groups in total. The summed E-state index contributed by atoms with van der Waals surface area (Å²) in [6.07, 6.45) is 0. The van der Waals surface area contributed by atoms with Gasteiger partial charge in [-0.1, -0.05) is 30.3 Å². The minimum Gasteiger partial charge on any atom is -0.466 e. The Morgan fingerprint density at radius 2 is 1.95 bits per heavy atom. The van der Waals surface area contributed by atoms with E-state index in [1.165, 1.54) is 12.0 Å². The van der Waals surface area contributed by atoms with Gasteiger partial charge in [-0.05, 0) is 12.5 Å². The Morgan fingerprint density at radius 3 is 2.53 bits per heavy atom. The number of esters is 1. The molecule has 1 atom stereocenters. The van der Waals surface area contributed by atoms with E-state index in [-0.39, 0.29) is 6.03 Å². The van der Waals surface area contributed by atoms with E-state index in [1.54, 1.807) is 14.0 Å². The van der Waals surface area contributed by atoms with Crippen molar-refractivity contribution >= 4 is 12.0 Å². The Labute approximate surface area is 111 Å². The molecule has 1 aliphatic heterocycles. The number of hydrogen-bond donors (Lipinski definition) is 1. The van der Waals surface area contributed by atoms with Gasteiger partial charge in [-0.15, -0.1) is 0 Å². The van der Waals surface area contributed by atoms with Crippen LogP contribution in [0.25, 0.3) is 0 Å². The number of methoxy groups -OCH3 is 1. The molecule has 0 spiro atoms. The van der Waals surface area contributed by atoms with Crippen molar-refractivity contribution in [2.45, 2.75) is 13.0 Å². The number of urea groups is 1. The van der Waals surface area contributed by atoms with E-state index in [0.29, 0.717) is 11.3 Å². The lowest BCUT2D eigenvalue weighted by atomic mass is 9.95.